The number of halogens is 5. The number of fused-ring (bicyclic) bond motifs is 3. The van der Waals surface area contributed by atoms with Gasteiger partial charge in [0.05, 0.1) is 29.5 Å². The van der Waals surface area contributed by atoms with Gasteiger partial charge in [0.15, 0.2) is 0 Å². The highest BCUT2D eigenvalue weighted by Gasteiger charge is 2.38. The van der Waals surface area contributed by atoms with Crippen LogP contribution in [0.4, 0.5) is 27.6 Å². The Hall–Kier alpha value is -4.32. The lowest BCUT2D eigenvalue weighted by molar-refractivity contribution is -0.137. The molecular formula is C27H21F5N4O3. The van der Waals surface area contributed by atoms with Crippen LogP contribution in [0, 0.1) is 11.6 Å². The van der Waals surface area contributed by atoms with Gasteiger partial charge in [0.25, 0.3) is 11.8 Å². The summed E-state index contributed by atoms with van der Waals surface area (Å²) in [5.74, 6) is -3.46. The van der Waals surface area contributed by atoms with Gasteiger partial charge in [0.2, 0.25) is 0 Å². The SMILES string of the molecule is CCc1ccc(F)cc1C1NC(=O)c2c1c(NC(=O)c1cc(F)cc(C(F)(F)F)c1)cc1c(CO)n(C)nc21. The van der Waals surface area contributed by atoms with Crippen LogP contribution in [0.1, 0.15) is 61.6 Å². The summed E-state index contributed by atoms with van der Waals surface area (Å²) in [4.78, 5) is 26.4. The molecule has 0 radical (unpaired) electrons. The molecule has 7 nitrogen and oxygen atoms in total. The molecular weight excluding hydrogens is 523 g/mol. The lowest BCUT2D eigenvalue weighted by atomic mass is 9.91. The maximum atomic E-state index is 14.3. The van der Waals surface area contributed by atoms with Crippen LogP contribution in [-0.4, -0.2) is 26.7 Å². The molecule has 1 atom stereocenters. The number of hydrogen-bond donors (Lipinski definition) is 3. The minimum atomic E-state index is -4.89. The van der Waals surface area contributed by atoms with Gasteiger partial charge in [-0.1, -0.05) is 13.0 Å². The number of amides is 2. The predicted molar refractivity (Wildman–Crippen MR) is 131 cm³/mol. The predicted octanol–water partition coefficient (Wildman–Crippen LogP) is 5.01. The number of carbonyl (C=O) groups is 2. The normalized spacial score (nSPS) is 15.0. The molecule has 3 aromatic carbocycles. The number of benzene rings is 3. The Balaban J connectivity index is 1.72. The number of aliphatic hydroxyl groups excluding tert-OH is 1. The number of nitrogens with zero attached hydrogens (tertiary/aromatic N) is 2. The van der Waals surface area contributed by atoms with Crippen LogP contribution in [-0.2, 0) is 26.3 Å². The van der Waals surface area contributed by atoms with Crippen molar-refractivity contribution in [3.8, 4) is 0 Å². The lowest BCUT2D eigenvalue weighted by Gasteiger charge is -2.20. The number of aromatic nitrogens is 2. The van der Waals surface area contributed by atoms with E-state index in [0.29, 0.717) is 40.8 Å². The molecule has 5 rings (SSSR count). The second-order valence-corrected chi connectivity index (χ2v) is 9.12. The molecule has 0 saturated carbocycles. The van der Waals surface area contributed by atoms with Crippen molar-refractivity contribution in [3.05, 3.63) is 93.2 Å². The third-order valence-electron chi connectivity index (χ3n) is 6.77. The van der Waals surface area contributed by atoms with E-state index in [2.05, 4.69) is 15.7 Å². The molecule has 0 spiro atoms. The van der Waals surface area contributed by atoms with Crippen LogP contribution in [0.5, 0.6) is 0 Å². The molecule has 0 saturated heterocycles. The van der Waals surface area contributed by atoms with Gasteiger partial charge in [-0.25, -0.2) is 8.78 Å². The first-order chi connectivity index (χ1) is 18.4. The zero-order valence-electron chi connectivity index (χ0n) is 20.6. The topological polar surface area (TPSA) is 96.3 Å². The standard InChI is InChI=1S/C27H21F5N4O3/c1-3-12-4-5-15(28)9-17(12)23-21-19(33-25(38)13-6-14(27(30,31)32)8-16(29)7-13)10-18-20(11-37)36(2)35-24(18)22(21)26(39)34-23/h4-10,23,37H,3,11H2,1-2H3,(H,33,38)(H,34,39). The van der Waals surface area contributed by atoms with Crippen LogP contribution in [0.2, 0.25) is 0 Å². The number of anilines is 1. The van der Waals surface area contributed by atoms with Crippen molar-refractivity contribution in [3.63, 3.8) is 0 Å². The van der Waals surface area contributed by atoms with E-state index in [1.165, 1.54) is 22.9 Å². The summed E-state index contributed by atoms with van der Waals surface area (Å²) in [5, 5.41) is 19.9. The molecule has 39 heavy (non-hydrogen) atoms. The Morgan fingerprint density at radius 1 is 1.13 bits per heavy atom. The Labute approximate surface area is 218 Å². The van der Waals surface area contributed by atoms with E-state index in [1.54, 1.807) is 13.1 Å². The van der Waals surface area contributed by atoms with Gasteiger partial charge in [-0.3, -0.25) is 14.3 Å². The number of hydrogen-bond acceptors (Lipinski definition) is 4. The molecule has 2 amide bonds. The van der Waals surface area contributed by atoms with Crippen molar-refractivity contribution in [2.75, 3.05) is 5.32 Å². The van der Waals surface area contributed by atoms with Crippen molar-refractivity contribution in [1.29, 1.82) is 0 Å². The number of rotatable bonds is 5. The maximum absolute atomic E-state index is 14.3. The molecule has 3 N–H and O–H groups in total. The summed E-state index contributed by atoms with van der Waals surface area (Å²) in [7, 11) is 1.55. The average molecular weight is 544 g/mol. The second-order valence-electron chi connectivity index (χ2n) is 9.12. The van der Waals surface area contributed by atoms with Crippen molar-refractivity contribution in [2.45, 2.75) is 32.2 Å². The van der Waals surface area contributed by atoms with Crippen LogP contribution in [0.25, 0.3) is 10.9 Å². The number of nitrogens with one attached hydrogen (secondary N) is 2. The average Bonchev–Trinajstić information content (AvgIpc) is 3.38. The first-order valence-corrected chi connectivity index (χ1v) is 11.8. The van der Waals surface area contributed by atoms with E-state index < -0.39 is 53.4 Å². The number of aryl methyl sites for hydroxylation is 2. The molecule has 0 fully saturated rings. The Morgan fingerprint density at radius 3 is 2.54 bits per heavy atom. The molecule has 1 aliphatic rings. The summed E-state index contributed by atoms with van der Waals surface area (Å²) >= 11 is 0. The quantitative estimate of drug-likeness (QED) is 0.308. The summed E-state index contributed by atoms with van der Waals surface area (Å²) < 4.78 is 69.5. The molecule has 0 bridgehead atoms. The largest absolute Gasteiger partial charge is 0.416 e. The minimum absolute atomic E-state index is 0.0117. The van der Waals surface area contributed by atoms with Gasteiger partial charge in [0.1, 0.15) is 17.2 Å². The van der Waals surface area contributed by atoms with E-state index >= 15 is 0 Å². The summed E-state index contributed by atoms with van der Waals surface area (Å²) in [5.41, 5.74) is 0.00732. The highest BCUT2D eigenvalue weighted by molar-refractivity contribution is 6.15. The molecule has 12 heteroatoms. The van der Waals surface area contributed by atoms with E-state index in [1.807, 2.05) is 6.92 Å². The van der Waals surface area contributed by atoms with E-state index in [-0.39, 0.29) is 28.4 Å². The van der Waals surface area contributed by atoms with E-state index in [9.17, 15) is 36.6 Å². The molecule has 1 aromatic heterocycles. The van der Waals surface area contributed by atoms with Gasteiger partial charge in [-0.15, -0.1) is 0 Å². The van der Waals surface area contributed by atoms with Gasteiger partial charge in [-0.2, -0.15) is 18.3 Å². The zero-order chi connectivity index (χ0) is 28.2. The fraction of sp³-hybridized carbons (Fsp3) is 0.222. The monoisotopic (exact) mass is 544 g/mol. The Kier molecular flexibility index (Phi) is 6.37. The lowest BCUT2D eigenvalue weighted by Crippen LogP contribution is -2.22. The Bertz CT molecular complexity index is 1660. The van der Waals surface area contributed by atoms with Crippen molar-refractivity contribution >= 4 is 28.4 Å². The zero-order valence-corrected chi connectivity index (χ0v) is 20.6. The van der Waals surface area contributed by atoms with Gasteiger partial charge in [-0.05, 0) is 53.9 Å². The summed E-state index contributed by atoms with van der Waals surface area (Å²) in [6, 6.07) is 6.07. The van der Waals surface area contributed by atoms with Gasteiger partial charge >= 0.3 is 6.18 Å². The van der Waals surface area contributed by atoms with Gasteiger partial charge in [0, 0.05) is 29.2 Å². The Morgan fingerprint density at radius 2 is 1.87 bits per heavy atom. The molecule has 1 unspecified atom stereocenters. The fourth-order valence-corrected chi connectivity index (χ4v) is 4.96. The molecule has 2 heterocycles. The first-order valence-electron chi connectivity index (χ1n) is 11.8. The summed E-state index contributed by atoms with van der Waals surface area (Å²) in [6.07, 6.45) is -4.40. The molecule has 202 valence electrons. The minimum Gasteiger partial charge on any atom is -0.390 e. The number of carbonyl (C=O) groups excluding carboxylic acids is 2. The highest BCUT2D eigenvalue weighted by Crippen LogP contribution is 2.42. The van der Waals surface area contributed by atoms with E-state index in [4.69, 9.17) is 0 Å². The van der Waals surface area contributed by atoms with Crippen molar-refractivity contribution in [2.24, 2.45) is 7.05 Å². The van der Waals surface area contributed by atoms with Crippen LogP contribution >= 0.6 is 0 Å². The first kappa shape index (κ1) is 26.3. The van der Waals surface area contributed by atoms with Crippen LogP contribution in [0.15, 0.2) is 42.5 Å². The van der Waals surface area contributed by atoms with Gasteiger partial charge < -0.3 is 15.7 Å². The highest BCUT2D eigenvalue weighted by atomic mass is 19.4. The number of aliphatic hydroxyl groups is 1. The third-order valence-corrected chi connectivity index (χ3v) is 6.77. The third kappa shape index (κ3) is 4.50. The van der Waals surface area contributed by atoms with Crippen molar-refractivity contribution < 1.29 is 36.6 Å². The number of alkyl halides is 3. The second kappa shape index (κ2) is 9.45. The molecule has 4 aromatic rings. The van der Waals surface area contributed by atoms with E-state index in [0.717, 1.165) is 0 Å². The van der Waals surface area contributed by atoms with Crippen LogP contribution in [0.3, 0.4) is 0 Å². The van der Waals surface area contributed by atoms with Crippen molar-refractivity contribution in [1.82, 2.24) is 15.1 Å². The smallest absolute Gasteiger partial charge is 0.390 e. The fourth-order valence-electron chi connectivity index (χ4n) is 4.96. The van der Waals surface area contributed by atoms with Crippen LogP contribution < -0.4 is 10.6 Å². The molecule has 0 aliphatic carbocycles. The summed E-state index contributed by atoms with van der Waals surface area (Å²) in [6.45, 7) is 1.38. The maximum Gasteiger partial charge on any atom is 0.416 e. The molecule has 1 aliphatic heterocycles.